The highest BCUT2D eigenvalue weighted by Crippen LogP contribution is 2.27. The molecule has 0 aliphatic carbocycles. The number of carbonyl (C=O) groups excluding carboxylic acids is 1. The quantitative estimate of drug-likeness (QED) is 0.423. The topological polar surface area (TPSA) is 99.1 Å². The number of nitrogens with one attached hydrogen (secondary N) is 2. The molecule has 1 aromatic heterocycles. The zero-order valence-corrected chi connectivity index (χ0v) is 21.0. The molecule has 1 unspecified atom stereocenters. The first-order valence-corrected chi connectivity index (χ1v) is 12.6. The van der Waals surface area contributed by atoms with E-state index in [1.165, 1.54) is 23.5 Å². The zero-order chi connectivity index (χ0) is 27.2. The molecule has 1 fully saturated rings. The lowest BCUT2D eigenvalue weighted by molar-refractivity contribution is -0.119. The summed E-state index contributed by atoms with van der Waals surface area (Å²) in [5.74, 6) is 4.25. The number of rotatable bonds is 6. The summed E-state index contributed by atoms with van der Waals surface area (Å²) in [7, 11) is 0. The Balaban J connectivity index is 1.20. The third-order valence-electron chi connectivity index (χ3n) is 6.48. The summed E-state index contributed by atoms with van der Waals surface area (Å²) < 4.78 is 33.0. The van der Waals surface area contributed by atoms with Crippen LogP contribution in [0, 0.1) is 23.5 Å². The molecule has 1 amide bonds. The molecule has 2 aliphatic heterocycles. The number of benzene rings is 2. The SMILES string of the molecule is O=C(NCC#Cc1ccc2nccc(OC3CCNCC3)c2c1)C1=CN=CN(Cc2ccc(F)c(F)c2)C1O. The van der Waals surface area contributed by atoms with Crippen LogP contribution in [0.5, 0.6) is 5.75 Å². The van der Waals surface area contributed by atoms with Gasteiger partial charge in [-0.15, -0.1) is 0 Å². The lowest BCUT2D eigenvalue weighted by Gasteiger charge is -2.29. The monoisotopic (exact) mass is 531 g/mol. The molecule has 0 bridgehead atoms. The number of carbonyl (C=O) groups is 1. The van der Waals surface area contributed by atoms with Gasteiger partial charge in [-0.1, -0.05) is 17.9 Å². The molecule has 2 aromatic carbocycles. The lowest BCUT2D eigenvalue weighted by atomic mass is 10.1. The number of halogens is 2. The minimum Gasteiger partial charge on any atom is -0.490 e. The van der Waals surface area contributed by atoms with Gasteiger partial charge < -0.3 is 25.4 Å². The summed E-state index contributed by atoms with van der Waals surface area (Å²) in [4.78, 5) is 22.4. The second kappa shape index (κ2) is 12.0. The van der Waals surface area contributed by atoms with E-state index in [-0.39, 0.29) is 24.8 Å². The normalized spacial score (nSPS) is 17.4. The average molecular weight is 532 g/mol. The van der Waals surface area contributed by atoms with Gasteiger partial charge in [0.15, 0.2) is 17.9 Å². The molecule has 3 N–H and O–H groups in total. The molecular formula is C29H27F2N5O3. The highest BCUT2D eigenvalue weighted by atomic mass is 19.2. The van der Waals surface area contributed by atoms with Crippen LogP contribution in [-0.2, 0) is 11.3 Å². The van der Waals surface area contributed by atoms with Crippen LogP contribution in [0.1, 0.15) is 24.0 Å². The number of pyridine rings is 1. The highest BCUT2D eigenvalue weighted by molar-refractivity contribution is 5.95. The van der Waals surface area contributed by atoms with Gasteiger partial charge in [-0.05, 0) is 67.9 Å². The molecular weight excluding hydrogens is 504 g/mol. The minimum atomic E-state index is -1.31. The number of ether oxygens (including phenoxy) is 1. The summed E-state index contributed by atoms with van der Waals surface area (Å²) in [6.07, 6.45) is 5.06. The predicted molar refractivity (Wildman–Crippen MR) is 143 cm³/mol. The molecule has 1 saturated heterocycles. The number of piperidine rings is 1. The van der Waals surface area contributed by atoms with Gasteiger partial charge in [0.05, 0.1) is 24.0 Å². The van der Waals surface area contributed by atoms with Crippen molar-refractivity contribution >= 4 is 23.1 Å². The summed E-state index contributed by atoms with van der Waals surface area (Å²) in [5, 5.41) is 17.5. The number of aliphatic hydroxyl groups is 1. The van der Waals surface area contributed by atoms with Gasteiger partial charge in [0.2, 0.25) is 0 Å². The van der Waals surface area contributed by atoms with E-state index in [9.17, 15) is 18.7 Å². The van der Waals surface area contributed by atoms with Crippen LogP contribution in [0.25, 0.3) is 10.9 Å². The lowest BCUT2D eigenvalue weighted by Crippen LogP contribution is -2.42. The van der Waals surface area contributed by atoms with Crippen molar-refractivity contribution in [2.45, 2.75) is 31.7 Å². The number of fused-ring (bicyclic) bond motifs is 1. The first-order valence-electron chi connectivity index (χ1n) is 12.6. The number of hydrogen-bond acceptors (Lipinski definition) is 7. The number of aliphatic imine (C=N–C) groups is 1. The minimum absolute atomic E-state index is 0.0124. The van der Waals surface area contributed by atoms with E-state index in [1.807, 2.05) is 24.3 Å². The molecule has 8 nitrogen and oxygen atoms in total. The second-order valence-corrected chi connectivity index (χ2v) is 9.24. The maximum Gasteiger partial charge on any atom is 0.254 e. The molecule has 39 heavy (non-hydrogen) atoms. The summed E-state index contributed by atoms with van der Waals surface area (Å²) in [6.45, 7) is 1.94. The van der Waals surface area contributed by atoms with Gasteiger partial charge in [0, 0.05) is 29.9 Å². The molecule has 200 valence electrons. The summed E-state index contributed by atoms with van der Waals surface area (Å²) in [6, 6.07) is 11.0. The van der Waals surface area contributed by atoms with E-state index < -0.39 is 23.8 Å². The summed E-state index contributed by atoms with van der Waals surface area (Å²) in [5.41, 5.74) is 1.99. The predicted octanol–water partition coefficient (Wildman–Crippen LogP) is 2.86. The first kappa shape index (κ1) is 26.3. The van der Waals surface area contributed by atoms with Gasteiger partial charge in [0.25, 0.3) is 5.91 Å². The van der Waals surface area contributed by atoms with Crippen molar-refractivity contribution in [3.63, 3.8) is 0 Å². The van der Waals surface area contributed by atoms with Crippen molar-refractivity contribution in [3.8, 4) is 17.6 Å². The Kier molecular flexibility index (Phi) is 8.10. The molecule has 5 rings (SSSR count). The van der Waals surface area contributed by atoms with E-state index in [1.54, 1.807) is 6.20 Å². The Morgan fingerprint density at radius 3 is 2.82 bits per heavy atom. The Morgan fingerprint density at radius 2 is 2.00 bits per heavy atom. The van der Waals surface area contributed by atoms with E-state index >= 15 is 0 Å². The number of aromatic nitrogens is 1. The van der Waals surface area contributed by atoms with Crippen molar-refractivity contribution in [2.75, 3.05) is 19.6 Å². The Hall–Kier alpha value is -4.33. The van der Waals surface area contributed by atoms with Crippen molar-refractivity contribution < 1.29 is 23.4 Å². The molecule has 0 spiro atoms. The average Bonchev–Trinajstić information content (AvgIpc) is 2.95. The maximum atomic E-state index is 13.5. The fraction of sp³-hybridized carbons (Fsp3) is 0.276. The van der Waals surface area contributed by atoms with Crippen molar-refractivity contribution in [2.24, 2.45) is 4.99 Å². The molecule has 10 heteroatoms. The Labute approximate surface area is 224 Å². The fourth-order valence-corrected chi connectivity index (χ4v) is 4.43. The van der Waals surface area contributed by atoms with Crippen molar-refractivity contribution in [1.82, 2.24) is 20.5 Å². The van der Waals surface area contributed by atoms with Crippen LogP contribution in [0.4, 0.5) is 8.78 Å². The van der Waals surface area contributed by atoms with E-state index in [4.69, 9.17) is 4.74 Å². The second-order valence-electron chi connectivity index (χ2n) is 9.24. The first-order chi connectivity index (χ1) is 19.0. The molecule has 3 heterocycles. The standard InChI is InChI=1S/C29H27F2N5O3/c30-24-5-3-20(15-25(24)31)17-36-18-33-16-23(29(36)38)28(37)35-10-1-2-19-4-6-26-22(14-19)27(9-13-34-26)39-21-7-11-32-12-8-21/h3-6,9,13-16,18,21,29,32,38H,7-8,10-12,17H2,(H,35,37). The molecule has 1 atom stereocenters. The van der Waals surface area contributed by atoms with Crippen LogP contribution in [0.2, 0.25) is 0 Å². The summed E-state index contributed by atoms with van der Waals surface area (Å²) >= 11 is 0. The largest absolute Gasteiger partial charge is 0.490 e. The number of nitrogens with zero attached hydrogens (tertiary/aromatic N) is 3. The molecule has 0 saturated carbocycles. The smallest absolute Gasteiger partial charge is 0.254 e. The Morgan fingerprint density at radius 1 is 1.15 bits per heavy atom. The van der Waals surface area contributed by atoms with Crippen molar-refractivity contribution in [1.29, 1.82) is 0 Å². The third-order valence-corrected chi connectivity index (χ3v) is 6.48. The molecule has 2 aliphatic rings. The van der Waals surface area contributed by atoms with E-state index in [0.717, 1.165) is 60.3 Å². The van der Waals surface area contributed by atoms with Crippen LogP contribution in [0.3, 0.4) is 0 Å². The van der Waals surface area contributed by atoms with Crippen LogP contribution in [0.15, 0.2) is 65.4 Å². The van der Waals surface area contributed by atoms with Gasteiger partial charge in [0.1, 0.15) is 11.9 Å². The maximum absolute atomic E-state index is 13.5. The Bertz CT molecular complexity index is 1490. The van der Waals surface area contributed by atoms with Gasteiger partial charge >= 0.3 is 0 Å². The van der Waals surface area contributed by atoms with Gasteiger partial charge in [-0.3, -0.25) is 9.78 Å². The molecule has 3 aromatic rings. The number of amides is 1. The highest BCUT2D eigenvalue weighted by Gasteiger charge is 2.26. The fourth-order valence-electron chi connectivity index (χ4n) is 4.43. The van der Waals surface area contributed by atoms with E-state index in [2.05, 4.69) is 32.5 Å². The van der Waals surface area contributed by atoms with Crippen molar-refractivity contribution in [3.05, 3.63) is 83.2 Å². The zero-order valence-electron chi connectivity index (χ0n) is 21.0. The van der Waals surface area contributed by atoms with Gasteiger partial charge in [-0.2, -0.15) is 0 Å². The van der Waals surface area contributed by atoms with Crippen LogP contribution in [-0.4, -0.2) is 59.2 Å². The number of hydrogen-bond donors (Lipinski definition) is 3. The third kappa shape index (κ3) is 6.39. The molecule has 0 radical (unpaired) electrons. The number of aliphatic hydroxyl groups excluding tert-OH is 1. The van der Waals surface area contributed by atoms with Gasteiger partial charge in [-0.25, -0.2) is 13.8 Å². The van der Waals surface area contributed by atoms with Crippen LogP contribution < -0.4 is 15.4 Å². The van der Waals surface area contributed by atoms with Crippen LogP contribution >= 0.6 is 0 Å². The van der Waals surface area contributed by atoms with E-state index in [0.29, 0.717) is 5.56 Å².